The van der Waals surface area contributed by atoms with E-state index < -0.39 is 10.9 Å². The van der Waals surface area contributed by atoms with Gasteiger partial charge in [0.25, 0.3) is 17.5 Å². The summed E-state index contributed by atoms with van der Waals surface area (Å²) in [6.45, 7) is 3.53. The van der Waals surface area contributed by atoms with Crippen molar-refractivity contribution in [1.29, 1.82) is 0 Å². The Morgan fingerprint density at radius 1 is 0.935 bits per heavy atom. The van der Waals surface area contributed by atoms with Crippen molar-refractivity contribution in [3.63, 3.8) is 0 Å². The second-order valence-corrected chi connectivity index (χ2v) is 11.1. The first-order valence-corrected chi connectivity index (χ1v) is 14.8. The molecule has 1 aliphatic rings. The van der Waals surface area contributed by atoms with Gasteiger partial charge in [-0.25, -0.2) is 0 Å². The maximum atomic E-state index is 13.3. The molecule has 12 heteroatoms. The number of anilines is 2. The lowest BCUT2D eigenvalue weighted by atomic mass is 10.0. The number of carboxylic acid groups (broad SMARTS) is 1. The molecule has 0 saturated carbocycles. The molecule has 46 heavy (non-hydrogen) atoms. The highest BCUT2D eigenvalue weighted by Crippen LogP contribution is 2.33. The highest BCUT2D eigenvalue weighted by molar-refractivity contribution is 6.06. The minimum atomic E-state index is -0.999. The summed E-state index contributed by atoms with van der Waals surface area (Å²) in [5, 5.41) is 23.4. The summed E-state index contributed by atoms with van der Waals surface area (Å²) in [6.07, 6.45) is 2.83. The van der Waals surface area contributed by atoms with Crippen molar-refractivity contribution >= 4 is 34.8 Å². The predicted molar refractivity (Wildman–Crippen MR) is 174 cm³/mol. The Hall–Kier alpha value is -5.62. The van der Waals surface area contributed by atoms with Gasteiger partial charge in [-0.1, -0.05) is 24.3 Å². The van der Waals surface area contributed by atoms with Crippen molar-refractivity contribution in [3.8, 4) is 11.1 Å². The van der Waals surface area contributed by atoms with Crippen LogP contribution in [0.25, 0.3) is 11.1 Å². The van der Waals surface area contributed by atoms with Gasteiger partial charge in [0.15, 0.2) is 0 Å². The second kappa shape index (κ2) is 14.4. The summed E-state index contributed by atoms with van der Waals surface area (Å²) in [5.41, 5.74) is 4.52. The highest BCUT2D eigenvalue weighted by atomic mass is 16.6. The topological polar surface area (TPSA) is 149 Å². The smallest absolute Gasteiger partial charge is 0.305 e. The number of hydrogen-bond donors (Lipinski definition) is 2. The number of likely N-dealkylation sites (N-methyl/N-ethyl adjacent to an activating group) is 1. The Kier molecular flexibility index (Phi) is 9.98. The zero-order valence-electron chi connectivity index (χ0n) is 25.3. The van der Waals surface area contributed by atoms with Crippen molar-refractivity contribution in [2.24, 2.45) is 0 Å². The van der Waals surface area contributed by atoms with E-state index in [9.17, 15) is 29.6 Å². The van der Waals surface area contributed by atoms with E-state index in [4.69, 9.17) is 0 Å². The molecule has 1 aliphatic heterocycles. The van der Waals surface area contributed by atoms with E-state index in [0.717, 1.165) is 48.6 Å². The Balaban J connectivity index is 1.43. The fourth-order valence-electron chi connectivity index (χ4n) is 5.29. The average Bonchev–Trinajstić information content (AvgIpc) is 3.07. The number of amides is 2. The van der Waals surface area contributed by atoms with E-state index in [2.05, 4.69) is 27.1 Å². The first kappa shape index (κ1) is 31.8. The number of benzene rings is 3. The monoisotopic (exact) mass is 622 g/mol. The van der Waals surface area contributed by atoms with E-state index in [-0.39, 0.29) is 37.0 Å². The van der Waals surface area contributed by atoms with Crippen molar-refractivity contribution < 1.29 is 24.4 Å². The maximum Gasteiger partial charge on any atom is 0.305 e. The first-order chi connectivity index (χ1) is 22.2. The lowest BCUT2D eigenvalue weighted by molar-refractivity contribution is -0.384. The number of carbonyl (C=O) groups is 3. The predicted octanol–water partition coefficient (Wildman–Crippen LogP) is 4.78. The number of carboxylic acids is 1. The number of nitrogens with one attached hydrogen (secondary N) is 1. The van der Waals surface area contributed by atoms with Gasteiger partial charge in [0, 0.05) is 69.4 Å². The average molecular weight is 623 g/mol. The SMILES string of the molecule is CN1CCN(c2ccc(-c3cccc(CN(CCC(=O)O)C(=O)c4cccnc4)c3)cc2NC(=O)c2ccc([N+](=O)[O-])cc2)CC1. The number of nitrogens with zero attached hydrogens (tertiary/aromatic N) is 5. The second-order valence-electron chi connectivity index (χ2n) is 11.1. The van der Waals surface area contributed by atoms with Crippen molar-refractivity contribution in [1.82, 2.24) is 14.8 Å². The number of pyridine rings is 1. The molecule has 0 spiro atoms. The third-order valence-corrected chi connectivity index (χ3v) is 7.85. The van der Waals surface area contributed by atoms with Crippen LogP contribution in [-0.4, -0.2) is 82.4 Å². The van der Waals surface area contributed by atoms with E-state index in [1.165, 1.54) is 35.4 Å². The summed E-state index contributed by atoms with van der Waals surface area (Å²) in [4.78, 5) is 58.4. The number of hydrogen-bond acceptors (Lipinski definition) is 8. The van der Waals surface area contributed by atoms with Crippen molar-refractivity contribution in [3.05, 3.63) is 118 Å². The lowest BCUT2D eigenvalue weighted by Crippen LogP contribution is -2.44. The molecule has 0 atom stereocenters. The van der Waals surface area contributed by atoms with Crippen LogP contribution in [0, 0.1) is 10.1 Å². The Labute approximate surface area is 266 Å². The van der Waals surface area contributed by atoms with Crippen LogP contribution < -0.4 is 10.2 Å². The van der Waals surface area contributed by atoms with Crippen LogP contribution in [0.5, 0.6) is 0 Å². The number of nitro groups is 1. The number of piperazine rings is 1. The van der Waals surface area contributed by atoms with Gasteiger partial charge in [-0.15, -0.1) is 0 Å². The molecule has 12 nitrogen and oxygen atoms in total. The van der Waals surface area contributed by atoms with Crippen molar-refractivity contribution in [2.75, 3.05) is 50.0 Å². The van der Waals surface area contributed by atoms with Crippen LogP contribution in [-0.2, 0) is 11.3 Å². The molecule has 3 aromatic carbocycles. The third kappa shape index (κ3) is 7.90. The van der Waals surface area contributed by atoms with E-state index in [1.54, 1.807) is 18.3 Å². The molecule has 0 radical (unpaired) electrons. The summed E-state index contributed by atoms with van der Waals surface area (Å²) in [5.74, 6) is -1.70. The summed E-state index contributed by atoms with van der Waals surface area (Å²) < 4.78 is 0. The minimum Gasteiger partial charge on any atom is -0.481 e. The number of aromatic nitrogens is 1. The van der Waals surface area contributed by atoms with Gasteiger partial charge in [0.05, 0.1) is 28.3 Å². The standard InChI is InChI=1S/C34H34N6O6/c1-37-16-18-38(19-17-37)31-12-9-27(21-30(31)36-33(43)25-7-10-29(11-8-25)40(45)46)26-5-2-4-24(20-26)23-39(15-13-32(41)42)34(44)28-6-3-14-35-22-28/h2-12,14,20-22H,13,15-19,23H2,1H3,(H,36,43)(H,41,42). The number of non-ortho nitro benzene ring substituents is 1. The molecule has 0 unspecified atom stereocenters. The van der Waals surface area contributed by atoms with Crippen LogP contribution >= 0.6 is 0 Å². The Morgan fingerprint density at radius 3 is 2.35 bits per heavy atom. The lowest BCUT2D eigenvalue weighted by Gasteiger charge is -2.35. The molecule has 1 aromatic heterocycles. The van der Waals surface area contributed by atoms with Crippen molar-refractivity contribution in [2.45, 2.75) is 13.0 Å². The maximum absolute atomic E-state index is 13.3. The van der Waals surface area contributed by atoms with Crippen LogP contribution in [0.3, 0.4) is 0 Å². The van der Waals surface area contributed by atoms with Crippen LogP contribution in [0.2, 0.25) is 0 Å². The van der Waals surface area contributed by atoms with E-state index in [1.807, 2.05) is 42.5 Å². The fraction of sp³-hybridized carbons (Fsp3) is 0.235. The third-order valence-electron chi connectivity index (χ3n) is 7.85. The van der Waals surface area contributed by atoms with E-state index in [0.29, 0.717) is 16.8 Å². The van der Waals surface area contributed by atoms with Crippen LogP contribution in [0.1, 0.15) is 32.7 Å². The molecule has 5 rings (SSSR count). The zero-order valence-corrected chi connectivity index (χ0v) is 25.3. The summed E-state index contributed by atoms with van der Waals surface area (Å²) in [6, 6.07) is 22.3. The first-order valence-electron chi connectivity index (χ1n) is 14.8. The zero-order chi connectivity index (χ0) is 32.6. The van der Waals surface area contributed by atoms with Gasteiger partial charge in [-0.3, -0.25) is 29.5 Å². The van der Waals surface area contributed by atoms with Crippen LogP contribution in [0.15, 0.2) is 91.3 Å². The summed E-state index contributed by atoms with van der Waals surface area (Å²) >= 11 is 0. The summed E-state index contributed by atoms with van der Waals surface area (Å²) in [7, 11) is 2.07. The molecule has 0 bridgehead atoms. The number of rotatable bonds is 11. The molecule has 2 N–H and O–H groups in total. The largest absolute Gasteiger partial charge is 0.481 e. The molecule has 236 valence electrons. The van der Waals surface area contributed by atoms with Gasteiger partial charge < -0.3 is 25.1 Å². The number of nitro benzene ring substituents is 1. The molecule has 4 aromatic rings. The van der Waals surface area contributed by atoms with Gasteiger partial charge in [-0.05, 0) is 66.2 Å². The molecule has 1 fully saturated rings. The van der Waals surface area contributed by atoms with Gasteiger partial charge in [-0.2, -0.15) is 0 Å². The van der Waals surface area contributed by atoms with Crippen LogP contribution in [0.4, 0.5) is 17.1 Å². The van der Waals surface area contributed by atoms with Gasteiger partial charge in [0.1, 0.15) is 0 Å². The normalized spacial score (nSPS) is 13.2. The Bertz CT molecular complexity index is 1720. The quantitative estimate of drug-likeness (QED) is 0.178. The Morgan fingerprint density at radius 2 is 1.67 bits per heavy atom. The molecule has 2 amide bonds. The highest BCUT2D eigenvalue weighted by Gasteiger charge is 2.21. The number of aliphatic carboxylic acids is 1. The van der Waals surface area contributed by atoms with Gasteiger partial charge >= 0.3 is 5.97 Å². The molecule has 2 heterocycles. The fourth-order valence-corrected chi connectivity index (χ4v) is 5.29. The molecule has 0 aliphatic carbocycles. The van der Waals surface area contributed by atoms with E-state index >= 15 is 0 Å². The minimum absolute atomic E-state index is 0.0336. The number of carbonyl (C=O) groups excluding carboxylic acids is 2. The molecular weight excluding hydrogens is 588 g/mol. The molecule has 1 saturated heterocycles. The van der Waals surface area contributed by atoms with Gasteiger partial charge in [0.2, 0.25) is 0 Å². The molecular formula is C34H34N6O6.